The Bertz CT molecular complexity index is 772. The van der Waals surface area contributed by atoms with Gasteiger partial charge in [-0.05, 0) is 37.8 Å². The first-order valence-corrected chi connectivity index (χ1v) is 12.3. The van der Waals surface area contributed by atoms with Crippen LogP contribution in [0.25, 0.3) is 0 Å². The number of nitrogens with one attached hydrogen (secondary N) is 5. The van der Waals surface area contributed by atoms with Crippen LogP contribution < -0.4 is 21.3 Å². The van der Waals surface area contributed by atoms with E-state index < -0.39 is 35.9 Å². The van der Waals surface area contributed by atoms with E-state index in [2.05, 4.69) is 43.9 Å². The lowest BCUT2D eigenvalue weighted by Crippen LogP contribution is -2.57. The Morgan fingerprint density at radius 3 is 2.50 bits per heavy atom. The summed E-state index contributed by atoms with van der Waals surface area (Å²) in [6.07, 6.45) is 6.66. The number of nitrogens with zero attached hydrogens (tertiary/aromatic N) is 1. The molecule has 2 heterocycles. The van der Waals surface area contributed by atoms with Crippen molar-refractivity contribution in [2.75, 3.05) is 24.3 Å². The van der Waals surface area contributed by atoms with Crippen LogP contribution in [-0.4, -0.2) is 87.2 Å². The van der Waals surface area contributed by atoms with Gasteiger partial charge in [0, 0.05) is 24.1 Å². The summed E-state index contributed by atoms with van der Waals surface area (Å²) in [6, 6.07) is -3.41. The number of rotatable bonds is 13. The predicted octanol–water partition coefficient (Wildman–Crippen LogP) is -1.07. The molecule has 32 heavy (non-hydrogen) atoms. The summed E-state index contributed by atoms with van der Waals surface area (Å²) in [5, 5.41) is 20.3. The van der Waals surface area contributed by atoms with Gasteiger partial charge in [-0.3, -0.25) is 14.4 Å². The molecule has 0 aliphatic carbocycles. The van der Waals surface area contributed by atoms with Crippen LogP contribution in [0.2, 0.25) is 0 Å². The molecular formula is C19H30N6O5S2. The Balaban J connectivity index is 2.00. The fourth-order valence-electron chi connectivity index (χ4n) is 3.24. The molecule has 2 rings (SSSR count). The summed E-state index contributed by atoms with van der Waals surface area (Å²) < 4.78 is 0. The second kappa shape index (κ2) is 13.3. The van der Waals surface area contributed by atoms with Gasteiger partial charge < -0.3 is 31.4 Å². The lowest BCUT2D eigenvalue weighted by Gasteiger charge is -2.24. The number of amides is 3. The largest absolute Gasteiger partial charge is 0.480 e. The number of carboxylic acids is 1. The molecule has 1 fully saturated rings. The molecule has 13 heteroatoms. The molecule has 1 aliphatic rings. The van der Waals surface area contributed by atoms with E-state index in [4.69, 9.17) is 0 Å². The minimum absolute atomic E-state index is 0.0218. The van der Waals surface area contributed by atoms with E-state index in [1.54, 1.807) is 0 Å². The molecule has 1 saturated heterocycles. The van der Waals surface area contributed by atoms with Gasteiger partial charge in [-0.25, -0.2) is 9.78 Å². The zero-order chi connectivity index (χ0) is 23.5. The summed E-state index contributed by atoms with van der Waals surface area (Å²) in [5.74, 6) is -2.02. The topological polar surface area (TPSA) is 165 Å². The number of hydrogen-bond donors (Lipinski definition) is 7. The van der Waals surface area contributed by atoms with E-state index in [-0.39, 0.29) is 24.1 Å². The lowest BCUT2D eigenvalue weighted by molar-refractivity contribution is -0.142. The second-order valence-corrected chi connectivity index (χ2v) is 8.77. The summed E-state index contributed by atoms with van der Waals surface area (Å²) >= 11 is 5.65. The number of aliphatic carboxylic acids is 1. The maximum Gasteiger partial charge on any atom is 0.326 e. The van der Waals surface area contributed by atoms with Crippen LogP contribution in [0.5, 0.6) is 0 Å². The Labute approximate surface area is 196 Å². The molecule has 0 aromatic carbocycles. The van der Waals surface area contributed by atoms with Crippen LogP contribution in [0, 0.1) is 0 Å². The molecule has 3 amide bonds. The SMILES string of the molecule is CSCCC(NC(=O)C(CS)NC(=O)C1CCCN1)C(=O)NC(Cc1cnc[nH]1)C(=O)O. The standard InChI is InChI=1S/C19H30N6O5S2/c1-32-6-4-13(17(27)24-14(19(29)30)7-11-8-20-10-22-11)23-18(28)15(9-31)25-16(26)12-3-2-5-21-12/h8,10,12-15,21,31H,2-7,9H2,1H3,(H,20,22)(H,23,28)(H,24,27)(H,25,26)(H,29,30). The van der Waals surface area contributed by atoms with Gasteiger partial charge in [0.2, 0.25) is 17.7 Å². The van der Waals surface area contributed by atoms with E-state index in [0.717, 1.165) is 13.0 Å². The average molecular weight is 487 g/mol. The maximum absolute atomic E-state index is 12.8. The van der Waals surface area contributed by atoms with Crippen molar-refractivity contribution in [3.05, 3.63) is 18.2 Å². The highest BCUT2D eigenvalue weighted by atomic mass is 32.2. The van der Waals surface area contributed by atoms with E-state index >= 15 is 0 Å². The number of hydrogen-bond acceptors (Lipinski definition) is 8. The molecule has 0 radical (unpaired) electrons. The van der Waals surface area contributed by atoms with Gasteiger partial charge in [-0.1, -0.05) is 0 Å². The number of aromatic amines is 1. The van der Waals surface area contributed by atoms with Crippen LogP contribution in [-0.2, 0) is 25.6 Å². The fourth-order valence-corrected chi connectivity index (χ4v) is 3.97. The van der Waals surface area contributed by atoms with Gasteiger partial charge in [-0.2, -0.15) is 24.4 Å². The number of H-pyrrole nitrogens is 1. The Morgan fingerprint density at radius 2 is 1.94 bits per heavy atom. The quantitative estimate of drug-likeness (QED) is 0.173. The number of carbonyl (C=O) groups excluding carboxylic acids is 3. The van der Waals surface area contributed by atoms with E-state index in [0.29, 0.717) is 24.3 Å². The molecule has 0 bridgehead atoms. The molecule has 4 atom stereocenters. The summed E-state index contributed by atoms with van der Waals surface area (Å²) in [5.41, 5.74) is 0.556. The molecular weight excluding hydrogens is 456 g/mol. The van der Waals surface area contributed by atoms with Gasteiger partial charge in [0.05, 0.1) is 12.4 Å². The summed E-state index contributed by atoms with van der Waals surface area (Å²) in [6.45, 7) is 0.746. The fraction of sp³-hybridized carbons (Fsp3) is 0.632. The van der Waals surface area contributed by atoms with Crippen molar-refractivity contribution < 1.29 is 24.3 Å². The van der Waals surface area contributed by atoms with Crippen molar-refractivity contribution >= 4 is 48.1 Å². The molecule has 6 N–H and O–H groups in total. The van der Waals surface area contributed by atoms with Crippen molar-refractivity contribution in [2.45, 2.75) is 49.9 Å². The van der Waals surface area contributed by atoms with Crippen LogP contribution in [0.1, 0.15) is 25.0 Å². The summed E-state index contributed by atoms with van der Waals surface area (Å²) in [4.78, 5) is 56.2. The van der Waals surface area contributed by atoms with Crippen molar-refractivity contribution in [1.29, 1.82) is 0 Å². The average Bonchev–Trinajstić information content (AvgIpc) is 3.48. The van der Waals surface area contributed by atoms with Gasteiger partial charge in [0.15, 0.2) is 0 Å². The first-order valence-electron chi connectivity index (χ1n) is 10.3. The first-order chi connectivity index (χ1) is 15.3. The Hall–Kier alpha value is -2.25. The number of carboxylic acid groups (broad SMARTS) is 1. The molecule has 0 saturated carbocycles. The molecule has 178 valence electrons. The first kappa shape index (κ1) is 26.0. The number of thioether (sulfide) groups is 1. The Kier molecular flexibility index (Phi) is 10.8. The van der Waals surface area contributed by atoms with Crippen molar-refractivity contribution in [3.8, 4) is 0 Å². The number of aromatic nitrogens is 2. The van der Waals surface area contributed by atoms with Crippen LogP contribution in [0.4, 0.5) is 0 Å². The van der Waals surface area contributed by atoms with Gasteiger partial charge in [0.1, 0.15) is 18.1 Å². The third-order valence-electron chi connectivity index (χ3n) is 5.03. The molecule has 11 nitrogen and oxygen atoms in total. The minimum Gasteiger partial charge on any atom is -0.480 e. The van der Waals surface area contributed by atoms with Crippen LogP contribution >= 0.6 is 24.4 Å². The van der Waals surface area contributed by atoms with Crippen molar-refractivity contribution in [2.24, 2.45) is 0 Å². The van der Waals surface area contributed by atoms with Gasteiger partial charge in [-0.15, -0.1) is 0 Å². The third-order valence-corrected chi connectivity index (χ3v) is 6.04. The zero-order valence-electron chi connectivity index (χ0n) is 17.8. The molecule has 0 spiro atoms. The monoisotopic (exact) mass is 486 g/mol. The van der Waals surface area contributed by atoms with E-state index in [1.807, 2.05) is 6.26 Å². The van der Waals surface area contributed by atoms with Crippen molar-refractivity contribution in [1.82, 2.24) is 31.2 Å². The highest BCUT2D eigenvalue weighted by molar-refractivity contribution is 7.98. The lowest BCUT2D eigenvalue weighted by atomic mass is 10.1. The van der Waals surface area contributed by atoms with Crippen LogP contribution in [0.3, 0.4) is 0 Å². The third kappa shape index (κ3) is 8.02. The minimum atomic E-state index is -1.20. The highest BCUT2D eigenvalue weighted by Crippen LogP contribution is 2.07. The van der Waals surface area contributed by atoms with Gasteiger partial charge in [0.25, 0.3) is 0 Å². The smallest absolute Gasteiger partial charge is 0.326 e. The molecule has 1 aliphatic heterocycles. The summed E-state index contributed by atoms with van der Waals surface area (Å²) in [7, 11) is 0. The molecule has 4 unspecified atom stereocenters. The molecule has 1 aromatic heterocycles. The second-order valence-electron chi connectivity index (χ2n) is 7.42. The predicted molar refractivity (Wildman–Crippen MR) is 124 cm³/mol. The Morgan fingerprint density at radius 1 is 1.22 bits per heavy atom. The van der Waals surface area contributed by atoms with E-state index in [9.17, 15) is 24.3 Å². The van der Waals surface area contributed by atoms with Crippen molar-refractivity contribution in [3.63, 3.8) is 0 Å². The van der Waals surface area contributed by atoms with E-state index in [1.165, 1.54) is 24.3 Å². The number of thiol groups is 1. The van der Waals surface area contributed by atoms with Gasteiger partial charge >= 0.3 is 5.97 Å². The highest BCUT2D eigenvalue weighted by Gasteiger charge is 2.31. The normalized spacial score (nSPS) is 18.4. The molecule has 1 aromatic rings. The number of carbonyl (C=O) groups is 4. The maximum atomic E-state index is 12.8. The van der Waals surface area contributed by atoms with Crippen LogP contribution in [0.15, 0.2) is 12.5 Å². The number of imidazole rings is 1. The zero-order valence-corrected chi connectivity index (χ0v) is 19.5.